The maximum atomic E-state index is 4.53. The molecule has 0 saturated heterocycles. The van der Waals surface area contributed by atoms with Crippen molar-refractivity contribution in [1.29, 1.82) is 0 Å². The van der Waals surface area contributed by atoms with Crippen LogP contribution in [-0.4, -0.2) is 0 Å². The summed E-state index contributed by atoms with van der Waals surface area (Å²) in [6, 6.07) is 69.3. The van der Waals surface area contributed by atoms with Crippen LogP contribution in [-0.2, 0) is 0 Å². The second-order valence-electron chi connectivity index (χ2n) is 13.9. The summed E-state index contributed by atoms with van der Waals surface area (Å²) in [5, 5.41) is 7.54. The molecule has 0 aliphatic heterocycles. The van der Waals surface area contributed by atoms with Gasteiger partial charge in [-0.25, -0.2) is 0 Å². The van der Waals surface area contributed by atoms with Crippen molar-refractivity contribution >= 4 is 66.3 Å². The van der Waals surface area contributed by atoms with Gasteiger partial charge in [-0.2, -0.15) is 0 Å². The number of anilines is 5. The van der Waals surface area contributed by atoms with Gasteiger partial charge < -0.3 is 9.80 Å². The first-order valence-electron chi connectivity index (χ1n) is 18.8. The smallest absolute Gasteiger partial charge is 0.0462 e. The van der Waals surface area contributed by atoms with Crippen LogP contribution in [0.1, 0.15) is 12.5 Å². The van der Waals surface area contributed by atoms with Crippen LogP contribution in [0.2, 0.25) is 0 Å². The largest absolute Gasteiger partial charge is 0.311 e. The lowest BCUT2D eigenvalue weighted by Crippen LogP contribution is -2.14. The summed E-state index contributed by atoms with van der Waals surface area (Å²) in [6.07, 6.45) is 6.45. The Bertz CT molecular complexity index is 2660. The van der Waals surface area contributed by atoms with Gasteiger partial charge in [-0.1, -0.05) is 128 Å². The van der Waals surface area contributed by atoms with E-state index in [1.807, 2.05) is 0 Å². The topological polar surface area (TPSA) is 6.48 Å². The molecule has 0 bridgehead atoms. The van der Waals surface area contributed by atoms with Crippen LogP contribution < -0.4 is 9.80 Å². The molecule has 262 valence electrons. The van der Waals surface area contributed by atoms with Gasteiger partial charge in [-0.15, -0.1) is 0 Å². The van der Waals surface area contributed by atoms with Crippen molar-refractivity contribution in [3.05, 3.63) is 230 Å². The summed E-state index contributed by atoms with van der Waals surface area (Å²) < 4.78 is 0. The molecule has 55 heavy (non-hydrogen) atoms. The Kier molecular flexibility index (Phi) is 8.99. The van der Waals surface area contributed by atoms with E-state index < -0.39 is 0 Å². The van der Waals surface area contributed by atoms with E-state index in [2.05, 4.69) is 236 Å². The number of hydrogen-bond acceptors (Lipinski definition) is 2. The zero-order valence-electron chi connectivity index (χ0n) is 30.8. The molecule has 0 aliphatic carbocycles. The Morgan fingerprint density at radius 3 is 1.25 bits per heavy atom. The summed E-state index contributed by atoms with van der Waals surface area (Å²) in [5.74, 6) is 0. The number of rotatable bonds is 10. The fourth-order valence-electron chi connectivity index (χ4n) is 7.78. The fraction of sp³-hybridized carbons (Fsp3) is 0.0189. The first kappa shape index (κ1) is 33.7. The van der Waals surface area contributed by atoms with E-state index in [-0.39, 0.29) is 0 Å². The van der Waals surface area contributed by atoms with Gasteiger partial charge in [0.25, 0.3) is 0 Å². The van der Waals surface area contributed by atoms with Crippen molar-refractivity contribution in [3.8, 4) is 11.1 Å². The molecular weight excluding hydrogens is 665 g/mol. The Balaban J connectivity index is 1.02. The van der Waals surface area contributed by atoms with Crippen LogP contribution in [0.4, 0.5) is 28.4 Å². The second kappa shape index (κ2) is 14.7. The third-order valence-electron chi connectivity index (χ3n) is 10.4. The van der Waals surface area contributed by atoms with E-state index in [0.717, 1.165) is 45.3 Å². The lowest BCUT2D eigenvalue weighted by atomic mass is 9.89. The van der Waals surface area contributed by atoms with Gasteiger partial charge in [-0.3, -0.25) is 0 Å². The van der Waals surface area contributed by atoms with Gasteiger partial charge in [0.2, 0.25) is 0 Å². The molecule has 0 saturated carbocycles. The van der Waals surface area contributed by atoms with E-state index in [1.54, 1.807) is 0 Å². The number of benzene rings is 9. The molecule has 0 aliphatic rings. The molecule has 0 heterocycles. The average Bonchev–Trinajstić information content (AvgIpc) is 3.25. The van der Waals surface area contributed by atoms with Crippen molar-refractivity contribution < 1.29 is 0 Å². The standard InChI is InChI=1S/C53H40N2/c1-3-46(54(47-16-8-4-9-17-47)48-18-10-5-11-19-48)31-24-38(2)44-34-40-25-27-42-36-45(37-43-28-26-41(35-44)52(40)53(42)43)39-29-32-51(33-30-39)55(49-20-12-6-13-21-49)50-22-14-7-15-23-50/h3-37H,2H2,1H3/b31-24-,46-3+. The van der Waals surface area contributed by atoms with Gasteiger partial charge in [0.05, 0.1) is 0 Å². The average molecular weight is 705 g/mol. The normalized spacial score (nSPS) is 11.8. The molecule has 9 rings (SSSR count). The second-order valence-corrected chi connectivity index (χ2v) is 13.9. The third kappa shape index (κ3) is 6.56. The highest BCUT2D eigenvalue weighted by atomic mass is 15.1. The van der Waals surface area contributed by atoms with Gasteiger partial charge in [0.1, 0.15) is 0 Å². The third-order valence-corrected chi connectivity index (χ3v) is 10.4. The number of nitrogens with zero attached hydrogens (tertiary/aromatic N) is 2. The molecule has 0 spiro atoms. The summed E-state index contributed by atoms with van der Waals surface area (Å²) >= 11 is 0. The Morgan fingerprint density at radius 2 is 0.818 bits per heavy atom. The van der Waals surface area contributed by atoms with Gasteiger partial charge in [0.15, 0.2) is 0 Å². The van der Waals surface area contributed by atoms with E-state index >= 15 is 0 Å². The first-order chi connectivity index (χ1) is 27.1. The lowest BCUT2D eigenvalue weighted by molar-refractivity contribution is 1.20. The summed E-state index contributed by atoms with van der Waals surface area (Å²) in [7, 11) is 0. The summed E-state index contributed by atoms with van der Waals surface area (Å²) in [6.45, 7) is 6.62. The van der Waals surface area contributed by atoms with Crippen molar-refractivity contribution in [2.75, 3.05) is 9.80 Å². The first-order valence-corrected chi connectivity index (χ1v) is 18.8. The van der Waals surface area contributed by atoms with E-state index in [4.69, 9.17) is 0 Å². The van der Waals surface area contributed by atoms with Crippen LogP contribution >= 0.6 is 0 Å². The maximum Gasteiger partial charge on any atom is 0.0462 e. The van der Waals surface area contributed by atoms with Gasteiger partial charge in [0, 0.05) is 34.1 Å². The number of para-hydroxylation sites is 4. The minimum absolute atomic E-state index is 0.967. The van der Waals surface area contributed by atoms with Crippen LogP contribution in [0.25, 0.3) is 49.0 Å². The molecule has 0 N–H and O–H groups in total. The molecule has 9 aromatic rings. The predicted octanol–water partition coefficient (Wildman–Crippen LogP) is 15.0. The predicted molar refractivity (Wildman–Crippen MR) is 237 cm³/mol. The molecule has 0 fully saturated rings. The molecule has 0 atom stereocenters. The number of hydrogen-bond donors (Lipinski definition) is 0. The van der Waals surface area contributed by atoms with Crippen LogP contribution in [0.15, 0.2) is 225 Å². The minimum Gasteiger partial charge on any atom is -0.311 e. The summed E-state index contributed by atoms with van der Waals surface area (Å²) in [5.41, 5.74) is 11.2. The van der Waals surface area contributed by atoms with E-state index in [1.165, 1.54) is 43.4 Å². The Hall–Kier alpha value is -7.16. The maximum absolute atomic E-state index is 4.53. The van der Waals surface area contributed by atoms with Crippen molar-refractivity contribution in [2.24, 2.45) is 0 Å². The molecule has 0 radical (unpaired) electrons. The molecule has 9 aromatic carbocycles. The SMILES string of the molecule is C=C(/C=C\C(=C/C)N(c1ccccc1)c1ccccc1)c1cc2ccc3cc(-c4ccc(N(c5ccccc5)c5ccccc5)cc4)cc4ccc(c1)c2c34. The monoisotopic (exact) mass is 704 g/mol. The van der Waals surface area contributed by atoms with E-state index in [9.17, 15) is 0 Å². The van der Waals surface area contributed by atoms with Crippen LogP contribution in [0, 0.1) is 0 Å². The van der Waals surface area contributed by atoms with Crippen LogP contribution in [0.5, 0.6) is 0 Å². The van der Waals surface area contributed by atoms with Crippen molar-refractivity contribution in [2.45, 2.75) is 6.92 Å². The fourth-order valence-corrected chi connectivity index (χ4v) is 7.78. The quantitative estimate of drug-likeness (QED) is 0.103. The zero-order chi connectivity index (χ0) is 37.1. The van der Waals surface area contributed by atoms with Crippen molar-refractivity contribution in [3.63, 3.8) is 0 Å². The summed E-state index contributed by atoms with van der Waals surface area (Å²) in [4.78, 5) is 4.57. The molecule has 2 nitrogen and oxygen atoms in total. The molecular formula is C53H40N2. The highest BCUT2D eigenvalue weighted by molar-refractivity contribution is 6.24. The minimum atomic E-state index is 0.967. The zero-order valence-corrected chi connectivity index (χ0v) is 30.8. The lowest BCUT2D eigenvalue weighted by Gasteiger charge is -2.26. The molecule has 2 heteroatoms. The van der Waals surface area contributed by atoms with Crippen LogP contribution in [0.3, 0.4) is 0 Å². The van der Waals surface area contributed by atoms with Crippen molar-refractivity contribution in [1.82, 2.24) is 0 Å². The van der Waals surface area contributed by atoms with Gasteiger partial charge in [-0.05, 0) is 153 Å². The highest BCUT2D eigenvalue weighted by Gasteiger charge is 2.16. The highest BCUT2D eigenvalue weighted by Crippen LogP contribution is 2.40. The molecule has 0 aromatic heterocycles. The van der Waals surface area contributed by atoms with E-state index in [0.29, 0.717) is 0 Å². The molecule has 0 unspecified atom stereocenters. The number of allylic oxidation sites excluding steroid dienone is 4. The Morgan fingerprint density at radius 1 is 0.418 bits per heavy atom. The Labute approximate surface area is 323 Å². The van der Waals surface area contributed by atoms with Gasteiger partial charge >= 0.3 is 0 Å². The molecule has 0 amide bonds.